The highest BCUT2D eigenvalue weighted by Gasteiger charge is 1.94. The van der Waals surface area contributed by atoms with Gasteiger partial charge in [-0.1, -0.05) is 6.42 Å². The molecule has 0 radical (unpaired) electrons. The van der Waals surface area contributed by atoms with E-state index in [1.165, 1.54) is 0 Å². The van der Waals surface area contributed by atoms with Gasteiger partial charge in [-0.2, -0.15) is 0 Å². The van der Waals surface area contributed by atoms with Gasteiger partial charge in [0.2, 0.25) is 0 Å². The van der Waals surface area contributed by atoms with E-state index in [-0.39, 0.29) is 0 Å². The lowest BCUT2D eigenvalue weighted by Gasteiger charge is -1.99. The van der Waals surface area contributed by atoms with Gasteiger partial charge in [0, 0.05) is 5.70 Å². The number of nitrogens with two attached hydrogens (primary N) is 2. The fraction of sp³-hybridized carbons (Fsp3) is 0.455. The summed E-state index contributed by atoms with van der Waals surface area (Å²) in [4.78, 5) is 0. The maximum atomic E-state index is 5.82. The van der Waals surface area contributed by atoms with Gasteiger partial charge in [0.05, 0.1) is 6.26 Å². The quantitative estimate of drug-likeness (QED) is 0.681. The van der Waals surface area contributed by atoms with E-state index < -0.39 is 0 Å². The monoisotopic (exact) mass is 194 g/mol. The molecule has 78 valence electrons. The Morgan fingerprint density at radius 1 is 1.36 bits per heavy atom. The first-order valence-electron chi connectivity index (χ1n) is 5.02. The summed E-state index contributed by atoms with van der Waals surface area (Å²) in [5, 5.41) is 0. The van der Waals surface area contributed by atoms with Crippen LogP contribution in [0.2, 0.25) is 0 Å². The Labute approximate surface area is 84.8 Å². The van der Waals surface area contributed by atoms with Crippen LogP contribution in [0.25, 0.3) is 6.08 Å². The number of furan rings is 1. The Bertz CT molecular complexity index is 265. The van der Waals surface area contributed by atoms with Gasteiger partial charge in [0.15, 0.2) is 0 Å². The lowest BCUT2D eigenvalue weighted by Crippen LogP contribution is -2.00. The van der Waals surface area contributed by atoms with E-state index in [9.17, 15) is 0 Å². The Hall–Kier alpha value is -1.22. The molecule has 0 spiro atoms. The maximum Gasteiger partial charge on any atom is 0.128 e. The van der Waals surface area contributed by atoms with E-state index in [2.05, 4.69) is 0 Å². The summed E-state index contributed by atoms with van der Waals surface area (Å²) >= 11 is 0. The van der Waals surface area contributed by atoms with Gasteiger partial charge in [0.25, 0.3) is 0 Å². The third kappa shape index (κ3) is 4.14. The van der Waals surface area contributed by atoms with Crippen LogP contribution in [0.1, 0.15) is 31.4 Å². The second kappa shape index (κ2) is 6.27. The summed E-state index contributed by atoms with van der Waals surface area (Å²) in [6, 6.07) is 3.75. The molecule has 0 aliphatic heterocycles. The van der Waals surface area contributed by atoms with E-state index in [0.29, 0.717) is 0 Å². The molecule has 1 aromatic heterocycles. The fourth-order valence-electron chi connectivity index (χ4n) is 1.28. The van der Waals surface area contributed by atoms with Crippen molar-refractivity contribution >= 4 is 6.08 Å². The van der Waals surface area contributed by atoms with Crippen molar-refractivity contribution in [3.8, 4) is 0 Å². The van der Waals surface area contributed by atoms with Crippen molar-refractivity contribution in [1.82, 2.24) is 0 Å². The lowest BCUT2D eigenvalue weighted by molar-refractivity contribution is 0.556. The van der Waals surface area contributed by atoms with Gasteiger partial charge in [0.1, 0.15) is 5.76 Å². The number of hydrogen-bond donors (Lipinski definition) is 2. The summed E-state index contributed by atoms with van der Waals surface area (Å²) < 4.78 is 5.16. The average Bonchev–Trinajstić information content (AvgIpc) is 2.65. The van der Waals surface area contributed by atoms with Crippen molar-refractivity contribution in [2.24, 2.45) is 11.5 Å². The average molecular weight is 194 g/mol. The maximum absolute atomic E-state index is 5.82. The normalized spacial score (nSPS) is 11.9. The van der Waals surface area contributed by atoms with Crippen molar-refractivity contribution in [2.75, 3.05) is 6.54 Å². The third-order valence-corrected chi connectivity index (χ3v) is 2.04. The highest BCUT2D eigenvalue weighted by atomic mass is 16.3. The molecule has 0 unspecified atom stereocenters. The topological polar surface area (TPSA) is 65.2 Å². The van der Waals surface area contributed by atoms with Crippen LogP contribution in [-0.2, 0) is 0 Å². The first-order chi connectivity index (χ1) is 6.83. The largest absolute Gasteiger partial charge is 0.465 e. The Morgan fingerprint density at radius 2 is 2.21 bits per heavy atom. The van der Waals surface area contributed by atoms with Crippen molar-refractivity contribution in [3.63, 3.8) is 0 Å². The van der Waals surface area contributed by atoms with Gasteiger partial charge in [-0.3, -0.25) is 0 Å². The summed E-state index contributed by atoms with van der Waals surface area (Å²) in [5.74, 6) is 0.821. The summed E-state index contributed by atoms with van der Waals surface area (Å²) in [6.45, 7) is 0.766. The fourth-order valence-corrected chi connectivity index (χ4v) is 1.28. The van der Waals surface area contributed by atoms with Gasteiger partial charge in [-0.05, 0) is 44.0 Å². The summed E-state index contributed by atoms with van der Waals surface area (Å²) in [7, 11) is 0. The molecule has 0 bridgehead atoms. The van der Waals surface area contributed by atoms with Crippen LogP contribution in [0.4, 0.5) is 0 Å². The van der Waals surface area contributed by atoms with Gasteiger partial charge < -0.3 is 15.9 Å². The van der Waals surface area contributed by atoms with Crippen molar-refractivity contribution in [2.45, 2.75) is 25.7 Å². The predicted octanol–water partition coefficient (Wildman–Crippen LogP) is 2.10. The van der Waals surface area contributed by atoms with Crippen molar-refractivity contribution in [1.29, 1.82) is 0 Å². The zero-order chi connectivity index (χ0) is 10.2. The Balaban J connectivity index is 2.24. The summed E-state index contributed by atoms with van der Waals surface area (Å²) in [5.41, 5.74) is 12.1. The summed E-state index contributed by atoms with van der Waals surface area (Å²) in [6.07, 6.45) is 7.76. The molecule has 0 saturated carbocycles. The molecule has 0 fully saturated rings. The Morgan fingerprint density at radius 3 is 2.86 bits per heavy atom. The minimum Gasteiger partial charge on any atom is -0.465 e. The molecule has 3 heteroatoms. The molecule has 3 nitrogen and oxygen atoms in total. The molecule has 0 saturated heterocycles. The molecule has 0 aromatic carbocycles. The van der Waals surface area contributed by atoms with Crippen LogP contribution in [0.3, 0.4) is 0 Å². The minimum atomic E-state index is 0.766. The van der Waals surface area contributed by atoms with E-state index in [1.54, 1.807) is 6.26 Å². The second-order valence-electron chi connectivity index (χ2n) is 3.33. The predicted molar refractivity (Wildman–Crippen MR) is 58.4 cm³/mol. The zero-order valence-corrected chi connectivity index (χ0v) is 8.41. The molecule has 14 heavy (non-hydrogen) atoms. The van der Waals surface area contributed by atoms with Crippen LogP contribution in [-0.4, -0.2) is 6.54 Å². The minimum absolute atomic E-state index is 0.766. The Kier molecular flexibility index (Phi) is 4.86. The van der Waals surface area contributed by atoms with Crippen LogP contribution in [0.5, 0.6) is 0 Å². The molecule has 0 amide bonds. The van der Waals surface area contributed by atoms with Gasteiger partial charge in [-0.25, -0.2) is 0 Å². The zero-order valence-electron chi connectivity index (χ0n) is 8.41. The van der Waals surface area contributed by atoms with Crippen molar-refractivity contribution < 1.29 is 4.42 Å². The van der Waals surface area contributed by atoms with Gasteiger partial charge >= 0.3 is 0 Å². The molecule has 0 atom stereocenters. The van der Waals surface area contributed by atoms with E-state index in [1.807, 2.05) is 18.2 Å². The van der Waals surface area contributed by atoms with Crippen LogP contribution >= 0.6 is 0 Å². The SMILES string of the molecule is NCCCCCC(N)=Cc1ccco1. The highest BCUT2D eigenvalue weighted by molar-refractivity contribution is 5.45. The molecular weight excluding hydrogens is 176 g/mol. The first kappa shape index (κ1) is 10.9. The molecule has 0 aliphatic carbocycles. The highest BCUT2D eigenvalue weighted by Crippen LogP contribution is 2.09. The number of allylic oxidation sites excluding steroid dienone is 1. The molecule has 1 rings (SSSR count). The standard InChI is InChI=1S/C11H18N2O/c12-7-3-1-2-5-10(13)9-11-6-4-8-14-11/h4,6,8-9H,1-3,5,7,12-13H2. The number of hydrogen-bond acceptors (Lipinski definition) is 3. The lowest BCUT2D eigenvalue weighted by atomic mass is 10.1. The molecular formula is C11H18N2O. The molecule has 4 N–H and O–H groups in total. The second-order valence-corrected chi connectivity index (χ2v) is 3.33. The van der Waals surface area contributed by atoms with E-state index in [4.69, 9.17) is 15.9 Å². The van der Waals surface area contributed by atoms with Gasteiger partial charge in [-0.15, -0.1) is 0 Å². The first-order valence-corrected chi connectivity index (χ1v) is 5.02. The molecule has 1 aromatic rings. The van der Waals surface area contributed by atoms with E-state index in [0.717, 1.165) is 43.7 Å². The molecule has 1 heterocycles. The third-order valence-electron chi connectivity index (χ3n) is 2.04. The van der Waals surface area contributed by atoms with E-state index >= 15 is 0 Å². The number of rotatable bonds is 6. The van der Waals surface area contributed by atoms with Crippen LogP contribution in [0, 0.1) is 0 Å². The smallest absolute Gasteiger partial charge is 0.128 e. The van der Waals surface area contributed by atoms with Crippen LogP contribution in [0.15, 0.2) is 28.5 Å². The number of unbranched alkanes of at least 4 members (excludes halogenated alkanes) is 2. The van der Waals surface area contributed by atoms with Crippen molar-refractivity contribution in [3.05, 3.63) is 29.9 Å². The van der Waals surface area contributed by atoms with Crippen LogP contribution < -0.4 is 11.5 Å². The molecule has 0 aliphatic rings.